The SMILES string of the molecule is CCCCCCCOc1ccc(C(=O)NC(=S)Nc2ccc(OC)cc2[N+](=O)[O-])cc1. The van der Waals surface area contributed by atoms with E-state index in [4.69, 9.17) is 21.7 Å². The fourth-order valence-corrected chi connectivity index (χ4v) is 3.02. The maximum absolute atomic E-state index is 12.4. The number of ether oxygens (including phenoxy) is 2. The highest BCUT2D eigenvalue weighted by molar-refractivity contribution is 7.80. The summed E-state index contributed by atoms with van der Waals surface area (Å²) < 4.78 is 10.7. The minimum atomic E-state index is -0.558. The molecule has 0 saturated heterocycles. The van der Waals surface area contributed by atoms with E-state index in [2.05, 4.69) is 17.6 Å². The molecule has 0 saturated carbocycles. The number of thiocarbonyl (C=S) groups is 1. The van der Waals surface area contributed by atoms with Gasteiger partial charge in [0.15, 0.2) is 5.11 Å². The fourth-order valence-electron chi connectivity index (χ4n) is 2.82. The predicted octanol–water partition coefficient (Wildman–Crippen LogP) is 5.08. The molecule has 2 rings (SSSR count). The van der Waals surface area contributed by atoms with E-state index in [1.54, 1.807) is 30.3 Å². The quantitative estimate of drug-likeness (QED) is 0.215. The van der Waals surface area contributed by atoms with Crippen molar-refractivity contribution in [2.75, 3.05) is 19.0 Å². The summed E-state index contributed by atoms with van der Waals surface area (Å²) >= 11 is 5.12. The molecule has 2 aromatic carbocycles. The predicted molar refractivity (Wildman–Crippen MR) is 124 cm³/mol. The summed E-state index contributed by atoms with van der Waals surface area (Å²) in [5.74, 6) is 0.608. The Kier molecular flexibility index (Phi) is 9.70. The number of methoxy groups -OCH3 is 1. The monoisotopic (exact) mass is 445 g/mol. The molecular weight excluding hydrogens is 418 g/mol. The van der Waals surface area contributed by atoms with Crippen LogP contribution in [0, 0.1) is 10.1 Å². The van der Waals surface area contributed by atoms with Crippen molar-refractivity contribution in [3.8, 4) is 11.5 Å². The van der Waals surface area contributed by atoms with Crippen LogP contribution in [-0.4, -0.2) is 29.7 Å². The van der Waals surface area contributed by atoms with Gasteiger partial charge in [0.2, 0.25) is 0 Å². The molecule has 0 spiro atoms. The number of nitro benzene ring substituents is 1. The van der Waals surface area contributed by atoms with Crippen LogP contribution in [0.2, 0.25) is 0 Å². The highest BCUT2D eigenvalue weighted by Gasteiger charge is 2.17. The molecule has 2 aromatic rings. The van der Waals surface area contributed by atoms with Gasteiger partial charge in [0.1, 0.15) is 17.2 Å². The topological polar surface area (TPSA) is 103 Å². The van der Waals surface area contributed by atoms with E-state index in [0.717, 1.165) is 12.8 Å². The maximum Gasteiger partial charge on any atom is 0.296 e. The molecule has 0 aliphatic rings. The summed E-state index contributed by atoms with van der Waals surface area (Å²) in [6, 6.07) is 11.0. The number of unbranched alkanes of at least 4 members (excludes halogenated alkanes) is 4. The Hall–Kier alpha value is -3.20. The molecule has 0 aliphatic carbocycles. The van der Waals surface area contributed by atoms with Gasteiger partial charge in [-0.2, -0.15) is 0 Å². The second kappa shape index (κ2) is 12.5. The van der Waals surface area contributed by atoms with Crippen molar-refractivity contribution in [3.63, 3.8) is 0 Å². The molecule has 8 nitrogen and oxygen atoms in total. The van der Waals surface area contributed by atoms with Crippen LogP contribution in [-0.2, 0) is 0 Å². The summed E-state index contributed by atoms with van der Waals surface area (Å²) in [5.41, 5.74) is 0.328. The number of rotatable bonds is 11. The first-order chi connectivity index (χ1) is 14.9. The van der Waals surface area contributed by atoms with Crippen LogP contribution in [0.4, 0.5) is 11.4 Å². The zero-order valence-corrected chi connectivity index (χ0v) is 18.5. The number of hydrogen-bond acceptors (Lipinski definition) is 6. The summed E-state index contributed by atoms with van der Waals surface area (Å²) in [6.07, 6.45) is 5.81. The highest BCUT2D eigenvalue weighted by Crippen LogP contribution is 2.28. The third-order valence-electron chi connectivity index (χ3n) is 4.51. The first-order valence-corrected chi connectivity index (χ1v) is 10.5. The van der Waals surface area contributed by atoms with Gasteiger partial charge in [-0.25, -0.2) is 0 Å². The number of nitrogens with zero attached hydrogens (tertiary/aromatic N) is 1. The van der Waals surface area contributed by atoms with Gasteiger partial charge >= 0.3 is 0 Å². The molecule has 0 aliphatic heterocycles. The second-order valence-corrected chi connectivity index (χ2v) is 7.24. The molecule has 31 heavy (non-hydrogen) atoms. The van der Waals surface area contributed by atoms with Gasteiger partial charge in [0.05, 0.1) is 24.7 Å². The van der Waals surface area contributed by atoms with Crippen molar-refractivity contribution in [3.05, 3.63) is 58.1 Å². The van der Waals surface area contributed by atoms with E-state index < -0.39 is 10.8 Å². The molecule has 9 heteroatoms. The molecule has 166 valence electrons. The number of carbonyl (C=O) groups excluding carboxylic acids is 1. The Morgan fingerprint density at radius 2 is 1.74 bits per heavy atom. The minimum Gasteiger partial charge on any atom is -0.496 e. The van der Waals surface area contributed by atoms with E-state index in [9.17, 15) is 14.9 Å². The third-order valence-corrected chi connectivity index (χ3v) is 4.71. The van der Waals surface area contributed by atoms with Crippen LogP contribution < -0.4 is 20.1 Å². The average molecular weight is 446 g/mol. The number of amides is 1. The Morgan fingerprint density at radius 3 is 2.39 bits per heavy atom. The molecule has 1 amide bonds. The van der Waals surface area contributed by atoms with E-state index in [1.165, 1.54) is 38.5 Å². The van der Waals surface area contributed by atoms with Crippen molar-refractivity contribution in [2.24, 2.45) is 0 Å². The Bertz CT molecular complexity index is 903. The fraction of sp³-hybridized carbons (Fsp3) is 0.364. The smallest absolute Gasteiger partial charge is 0.296 e. The molecular formula is C22H27N3O5S. The number of nitrogens with one attached hydrogen (secondary N) is 2. The number of hydrogen-bond donors (Lipinski definition) is 2. The highest BCUT2D eigenvalue weighted by atomic mass is 32.1. The van der Waals surface area contributed by atoms with Crippen LogP contribution in [0.3, 0.4) is 0 Å². The largest absolute Gasteiger partial charge is 0.496 e. The second-order valence-electron chi connectivity index (χ2n) is 6.84. The first-order valence-electron chi connectivity index (χ1n) is 10.1. The Balaban J connectivity index is 1.87. The van der Waals surface area contributed by atoms with Gasteiger partial charge in [-0.05, 0) is 55.0 Å². The van der Waals surface area contributed by atoms with Crippen molar-refractivity contribution in [1.29, 1.82) is 0 Å². The third kappa shape index (κ3) is 7.86. The first kappa shape index (κ1) is 24.1. The number of nitro groups is 1. The van der Waals surface area contributed by atoms with Crippen molar-refractivity contribution in [1.82, 2.24) is 5.32 Å². The molecule has 0 unspecified atom stereocenters. The van der Waals surface area contributed by atoms with Crippen molar-refractivity contribution < 1.29 is 19.2 Å². The molecule has 2 N–H and O–H groups in total. The number of carbonyl (C=O) groups is 1. The van der Waals surface area contributed by atoms with E-state index in [-0.39, 0.29) is 16.5 Å². The van der Waals surface area contributed by atoms with E-state index in [1.807, 2.05) is 0 Å². The maximum atomic E-state index is 12.4. The Morgan fingerprint density at radius 1 is 1.06 bits per heavy atom. The molecule has 0 heterocycles. The van der Waals surface area contributed by atoms with Crippen LogP contribution >= 0.6 is 12.2 Å². The molecule has 0 atom stereocenters. The zero-order chi connectivity index (χ0) is 22.6. The summed E-state index contributed by atoms with van der Waals surface area (Å²) in [5, 5.41) is 16.4. The zero-order valence-electron chi connectivity index (χ0n) is 17.7. The van der Waals surface area contributed by atoms with E-state index in [0.29, 0.717) is 23.7 Å². The van der Waals surface area contributed by atoms with Gasteiger partial charge in [-0.1, -0.05) is 32.6 Å². The summed E-state index contributed by atoms with van der Waals surface area (Å²) in [4.78, 5) is 23.1. The van der Waals surface area contributed by atoms with Gasteiger partial charge in [0, 0.05) is 5.56 Å². The molecule has 0 radical (unpaired) electrons. The van der Waals surface area contributed by atoms with Crippen molar-refractivity contribution >= 4 is 34.6 Å². The van der Waals surface area contributed by atoms with Crippen molar-refractivity contribution in [2.45, 2.75) is 39.0 Å². The van der Waals surface area contributed by atoms with Crippen LogP contribution in [0.15, 0.2) is 42.5 Å². The minimum absolute atomic E-state index is 0.0503. The molecule has 0 bridgehead atoms. The van der Waals surface area contributed by atoms with Gasteiger partial charge in [-0.3, -0.25) is 20.2 Å². The number of benzene rings is 2. The number of anilines is 1. The lowest BCUT2D eigenvalue weighted by Gasteiger charge is -2.11. The van der Waals surface area contributed by atoms with Gasteiger partial charge < -0.3 is 14.8 Å². The lowest BCUT2D eigenvalue weighted by atomic mass is 10.2. The molecule has 0 fully saturated rings. The van der Waals surface area contributed by atoms with Gasteiger partial charge in [-0.15, -0.1) is 0 Å². The standard InChI is InChI=1S/C22H27N3O5S/c1-3-4-5-6-7-14-30-17-10-8-16(9-11-17)21(26)24-22(31)23-19-13-12-18(29-2)15-20(19)25(27)28/h8-13,15H,3-7,14H2,1-2H3,(H2,23,24,26,31). The van der Waals surface area contributed by atoms with Crippen LogP contribution in [0.1, 0.15) is 49.4 Å². The van der Waals surface area contributed by atoms with Gasteiger partial charge in [0.25, 0.3) is 11.6 Å². The van der Waals surface area contributed by atoms with E-state index >= 15 is 0 Å². The van der Waals surface area contributed by atoms with Crippen LogP contribution in [0.25, 0.3) is 0 Å². The molecule has 0 aromatic heterocycles. The Labute approximate surface area is 187 Å². The van der Waals surface area contributed by atoms with Crippen LogP contribution in [0.5, 0.6) is 11.5 Å². The summed E-state index contributed by atoms with van der Waals surface area (Å²) in [6.45, 7) is 2.82. The lowest BCUT2D eigenvalue weighted by molar-refractivity contribution is -0.384. The summed E-state index contributed by atoms with van der Waals surface area (Å²) in [7, 11) is 1.42. The average Bonchev–Trinajstić information content (AvgIpc) is 2.76. The lowest BCUT2D eigenvalue weighted by Crippen LogP contribution is -2.34. The normalized spacial score (nSPS) is 10.3.